The second-order valence-electron chi connectivity index (χ2n) is 4.51. The number of hydrogen-bond acceptors (Lipinski definition) is 4. The molecule has 1 saturated heterocycles. The monoisotopic (exact) mass is 255 g/mol. The van der Waals surface area contributed by atoms with Gasteiger partial charge >= 0.3 is 0 Å². The molecule has 2 heterocycles. The van der Waals surface area contributed by atoms with E-state index >= 15 is 0 Å². The summed E-state index contributed by atoms with van der Waals surface area (Å²) in [7, 11) is 1.77. The van der Waals surface area contributed by atoms with Crippen LogP contribution in [0, 0.1) is 0 Å². The van der Waals surface area contributed by atoms with E-state index in [0.717, 1.165) is 32.5 Å². The zero-order chi connectivity index (χ0) is 12.1. The summed E-state index contributed by atoms with van der Waals surface area (Å²) in [5, 5.41) is 3.48. The minimum Gasteiger partial charge on any atom is -0.378 e. The van der Waals surface area contributed by atoms with E-state index in [9.17, 15) is 0 Å². The van der Waals surface area contributed by atoms with E-state index in [1.165, 1.54) is 9.75 Å². The van der Waals surface area contributed by atoms with E-state index in [4.69, 9.17) is 9.47 Å². The van der Waals surface area contributed by atoms with Crippen LogP contribution in [-0.2, 0) is 22.4 Å². The first kappa shape index (κ1) is 13.0. The zero-order valence-corrected chi connectivity index (χ0v) is 11.4. The molecule has 4 heteroatoms. The molecule has 1 aromatic heterocycles. The van der Waals surface area contributed by atoms with Gasteiger partial charge in [-0.25, -0.2) is 0 Å². The molecular weight excluding hydrogens is 234 g/mol. The maximum absolute atomic E-state index is 5.58. The molecule has 0 aromatic carbocycles. The number of nitrogens with one attached hydrogen (secondary N) is 1. The first-order chi connectivity index (χ1) is 8.28. The Morgan fingerprint density at radius 1 is 1.47 bits per heavy atom. The van der Waals surface area contributed by atoms with Crippen molar-refractivity contribution in [3.63, 3.8) is 0 Å². The Balaban J connectivity index is 1.78. The van der Waals surface area contributed by atoms with Crippen molar-refractivity contribution >= 4 is 11.3 Å². The normalized spacial score (nSPS) is 24.4. The number of thiophene rings is 1. The van der Waals surface area contributed by atoms with Crippen molar-refractivity contribution in [2.75, 3.05) is 26.9 Å². The van der Waals surface area contributed by atoms with Crippen molar-refractivity contribution in [3.8, 4) is 0 Å². The average Bonchev–Trinajstić information content (AvgIpc) is 2.98. The van der Waals surface area contributed by atoms with Gasteiger partial charge in [-0.3, -0.25) is 0 Å². The van der Waals surface area contributed by atoms with Crippen molar-refractivity contribution in [3.05, 3.63) is 21.9 Å². The Morgan fingerprint density at radius 2 is 2.29 bits per heavy atom. The standard InChI is InChI=1S/C13H21NO2S/c1-3-11-4-5-12(17-11)8-14-9-13(15-2)6-7-16-10-13/h4-5,14H,3,6-10H2,1-2H3. The van der Waals surface area contributed by atoms with E-state index in [1.807, 2.05) is 11.3 Å². The summed E-state index contributed by atoms with van der Waals surface area (Å²) in [6, 6.07) is 4.42. The molecule has 0 saturated carbocycles. The maximum atomic E-state index is 5.58. The fourth-order valence-corrected chi connectivity index (χ4v) is 3.01. The summed E-state index contributed by atoms with van der Waals surface area (Å²) in [4.78, 5) is 2.85. The summed E-state index contributed by atoms with van der Waals surface area (Å²) in [5.74, 6) is 0. The highest BCUT2D eigenvalue weighted by Gasteiger charge is 2.34. The quantitative estimate of drug-likeness (QED) is 0.845. The summed E-state index contributed by atoms with van der Waals surface area (Å²) in [5.41, 5.74) is -0.106. The molecule has 0 amide bonds. The van der Waals surface area contributed by atoms with Gasteiger partial charge < -0.3 is 14.8 Å². The Morgan fingerprint density at radius 3 is 2.88 bits per heavy atom. The van der Waals surface area contributed by atoms with Crippen molar-refractivity contribution < 1.29 is 9.47 Å². The second kappa shape index (κ2) is 5.96. The van der Waals surface area contributed by atoms with Crippen LogP contribution in [0.1, 0.15) is 23.1 Å². The van der Waals surface area contributed by atoms with Crippen LogP contribution in [0.5, 0.6) is 0 Å². The molecule has 1 atom stereocenters. The fourth-order valence-electron chi connectivity index (χ4n) is 2.08. The van der Waals surface area contributed by atoms with Crippen LogP contribution in [0.3, 0.4) is 0 Å². The van der Waals surface area contributed by atoms with E-state index in [0.29, 0.717) is 6.61 Å². The third-order valence-electron chi connectivity index (χ3n) is 3.31. The van der Waals surface area contributed by atoms with Crippen LogP contribution in [0.4, 0.5) is 0 Å². The second-order valence-corrected chi connectivity index (χ2v) is 5.77. The van der Waals surface area contributed by atoms with Crippen LogP contribution in [0.2, 0.25) is 0 Å². The van der Waals surface area contributed by atoms with Crippen LogP contribution < -0.4 is 5.32 Å². The number of ether oxygens (including phenoxy) is 2. The lowest BCUT2D eigenvalue weighted by atomic mass is 10.0. The summed E-state index contributed by atoms with van der Waals surface area (Å²) >= 11 is 1.89. The van der Waals surface area contributed by atoms with E-state index in [-0.39, 0.29) is 5.60 Å². The lowest BCUT2D eigenvalue weighted by Gasteiger charge is -2.25. The van der Waals surface area contributed by atoms with Crippen molar-refractivity contribution in [1.82, 2.24) is 5.32 Å². The molecule has 96 valence electrons. The summed E-state index contributed by atoms with van der Waals surface area (Å²) in [6.07, 6.45) is 2.11. The highest BCUT2D eigenvalue weighted by Crippen LogP contribution is 2.22. The van der Waals surface area contributed by atoms with E-state index < -0.39 is 0 Å². The molecule has 0 bridgehead atoms. The Bertz CT molecular complexity index is 345. The first-order valence-electron chi connectivity index (χ1n) is 6.19. The van der Waals surface area contributed by atoms with Gasteiger partial charge in [0.05, 0.1) is 6.61 Å². The van der Waals surface area contributed by atoms with Crippen molar-refractivity contribution in [1.29, 1.82) is 0 Å². The van der Waals surface area contributed by atoms with Gasteiger partial charge in [0.15, 0.2) is 0 Å². The Labute approximate surface area is 107 Å². The lowest BCUT2D eigenvalue weighted by molar-refractivity contribution is -0.0158. The molecule has 3 nitrogen and oxygen atoms in total. The topological polar surface area (TPSA) is 30.5 Å². The molecule has 1 N–H and O–H groups in total. The number of rotatable bonds is 6. The predicted octanol–water partition coefficient (Wildman–Crippen LogP) is 2.21. The third-order valence-corrected chi connectivity index (χ3v) is 4.54. The SMILES string of the molecule is CCc1ccc(CNCC2(OC)CCOC2)s1. The van der Waals surface area contributed by atoms with Gasteiger partial charge in [-0.1, -0.05) is 6.92 Å². The maximum Gasteiger partial charge on any atom is 0.106 e. The largest absolute Gasteiger partial charge is 0.378 e. The van der Waals surface area contributed by atoms with Gasteiger partial charge in [0, 0.05) is 43.0 Å². The van der Waals surface area contributed by atoms with E-state index in [1.54, 1.807) is 7.11 Å². The fraction of sp³-hybridized carbons (Fsp3) is 0.692. The smallest absolute Gasteiger partial charge is 0.106 e. The molecular formula is C13H21NO2S. The van der Waals surface area contributed by atoms with Gasteiger partial charge in [-0.15, -0.1) is 11.3 Å². The minimum absolute atomic E-state index is 0.106. The summed E-state index contributed by atoms with van der Waals surface area (Å²) < 4.78 is 11.0. The average molecular weight is 255 g/mol. The number of methoxy groups -OCH3 is 1. The van der Waals surface area contributed by atoms with Gasteiger partial charge in [-0.05, 0) is 18.6 Å². The predicted molar refractivity (Wildman–Crippen MR) is 70.6 cm³/mol. The molecule has 1 aromatic rings. The molecule has 17 heavy (non-hydrogen) atoms. The third kappa shape index (κ3) is 3.28. The van der Waals surface area contributed by atoms with Crippen molar-refractivity contribution in [2.45, 2.75) is 31.9 Å². The van der Waals surface area contributed by atoms with Gasteiger partial charge in [-0.2, -0.15) is 0 Å². The molecule has 2 rings (SSSR count). The van der Waals surface area contributed by atoms with Crippen LogP contribution in [0.15, 0.2) is 12.1 Å². The molecule has 1 aliphatic heterocycles. The van der Waals surface area contributed by atoms with E-state index in [2.05, 4.69) is 24.4 Å². The molecule has 0 aliphatic carbocycles. The molecule has 0 radical (unpaired) electrons. The van der Waals surface area contributed by atoms with Gasteiger partial charge in [0.1, 0.15) is 5.60 Å². The van der Waals surface area contributed by atoms with Crippen LogP contribution in [-0.4, -0.2) is 32.5 Å². The Hall–Kier alpha value is -0.420. The highest BCUT2D eigenvalue weighted by molar-refractivity contribution is 7.11. The molecule has 1 unspecified atom stereocenters. The van der Waals surface area contributed by atoms with Crippen molar-refractivity contribution in [2.24, 2.45) is 0 Å². The Kier molecular flexibility index (Phi) is 4.56. The number of aryl methyl sites for hydroxylation is 1. The molecule has 1 fully saturated rings. The molecule has 0 spiro atoms. The van der Waals surface area contributed by atoms with Gasteiger partial charge in [0.2, 0.25) is 0 Å². The highest BCUT2D eigenvalue weighted by atomic mass is 32.1. The lowest BCUT2D eigenvalue weighted by Crippen LogP contribution is -2.42. The first-order valence-corrected chi connectivity index (χ1v) is 7.01. The zero-order valence-electron chi connectivity index (χ0n) is 10.6. The molecule has 1 aliphatic rings. The van der Waals surface area contributed by atoms with Gasteiger partial charge in [0.25, 0.3) is 0 Å². The van der Waals surface area contributed by atoms with Crippen LogP contribution >= 0.6 is 11.3 Å². The summed E-state index contributed by atoms with van der Waals surface area (Å²) in [6.45, 7) is 5.51. The minimum atomic E-state index is -0.106. The number of hydrogen-bond donors (Lipinski definition) is 1. The van der Waals surface area contributed by atoms with Crippen LogP contribution in [0.25, 0.3) is 0 Å².